The Morgan fingerprint density at radius 3 is 1.90 bits per heavy atom. The fourth-order valence-electron chi connectivity index (χ4n) is 5.05. The Hall–Kier alpha value is -2.41. The molecule has 1 aliphatic rings. The average Bonchev–Trinajstić information content (AvgIpc) is 2.80. The van der Waals surface area contributed by atoms with Gasteiger partial charge in [0, 0.05) is 0 Å². The van der Waals surface area contributed by atoms with E-state index in [0.29, 0.717) is 5.92 Å². The molecule has 0 unspecified atom stereocenters. The zero-order valence-corrected chi connectivity index (χ0v) is 18.1. The van der Waals surface area contributed by atoms with Gasteiger partial charge in [-0.1, -0.05) is 73.7 Å². The minimum absolute atomic E-state index is 0.160. The van der Waals surface area contributed by atoms with E-state index in [1.165, 1.54) is 54.4 Å². The molecule has 1 aliphatic carbocycles. The normalized spacial score (nSPS) is 20.1. The Morgan fingerprint density at radius 1 is 0.733 bits per heavy atom. The molecule has 0 nitrogen and oxygen atoms in total. The number of hydrogen-bond donors (Lipinski definition) is 0. The standard InChI is InChI=1S/C29H33F/c1-22(26-5-3-2-4-6-26)21-25-11-17-28(18-12-25)27-15-9-23(10-16-27)7-8-24-13-19-29(30)20-14-24/h2-6,9-10,13-16,19-20,22,25,28H,7-8,11-12,17-18,21H2,1H3/t22-,25?,28?/m1/s1. The highest BCUT2D eigenvalue weighted by atomic mass is 19.1. The van der Waals surface area contributed by atoms with Crippen molar-refractivity contribution in [3.63, 3.8) is 0 Å². The van der Waals surface area contributed by atoms with E-state index in [2.05, 4.69) is 61.5 Å². The molecule has 4 rings (SSSR count). The van der Waals surface area contributed by atoms with Gasteiger partial charge in [-0.05, 0) is 97.1 Å². The van der Waals surface area contributed by atoms with E-state index in [9.17, 15) is 4.39 Å². The molecule has 0 spiro atoms. The molecule has 0 heterocycles. The first kappa shape index (κ1) is 20.8. The predicted octanol–water partition coefficient (Wildman–Crippen LogP) is 8.08. The van der Waals surface area contributed by atoms with Crippen LogP contribution in [0.5, 0.6) is 0 Å². The van der Waals surface area contributed by atoms with Gasteiger partial charge in [-0.3, -0.25) is 0 Å². The molecule has 0 radical (unpaired) electrons. The molecule has 156 valence electrons. The summed E-state index contributed by atoms with van der Waals surface area (Å²) < 4.78 is 13.0. The van der Waals surface area contributed by atoms with Gasteiger partial charge in [0.1, 0.15) is 5.82 Å². The molecule has 1 atom stereocenters. The van der Waals surface area contributed by atoms with Gasteiger partial charge in [-0.2, -0.15) is 0 Å². The first-order valence-electron chi connectivity index (χ1n) is 11.6. The number of benzene rings is 3. The highest BCUT2D eigenvalue weighted by Crippen LogP contribution is 2.39. The summed E-state index contributed by atoms with van der Waals surface area (Å²) in [6, 6.07) is 27.1. The Morgan fingerprint density at radius 2 is 1.30 bits per heavy atom. The first-order valence-corrected chi connectivity index (χ1v) is 11.6. The van der Waals surface area contributed by atoms with Crippen molar-refractivity contribution in [2.45, 2.75) is 63.7 Å². The molecular weight excluding hydrogens is 367 g/mol. The second-order valence-corrected chi connectivity index (χ2v) is 9.13. The lowest BCUT2D eigenvalue weighted by atomic mass is 9.75. The van der Waals surface area contributed by atoms with Crippen molar-refractivity contribution in [2.24, 2.45) is 5.92 Å². The number of rotatable bonds is 7. The first-order chi connectivity index (χ1) is 14.7. The minimum Gasteiger partial charge on any atom is -0.207 e. The van der Waals surface area contributed by atoms with Crippen LogP contribution >= 0.6 is 0 Å². The SMILES string of the molecule is C[C@H](CC1CCC(c2ccc(CCc3ccc(F)cc3)cc2)CC1)c1ccccc1. The van der Waals surface area contributed by atoms with E-state index in [-0.39, 0.29) is 5.82 Å². The van der Waals surface area contributed by atoms with Crippen LogP contribution in [0.25, 0.3) is 0 Å². The zero-order chi connectivity index (χ0) is 20.8. The third kappa shape index (κ3) is 5.59. The molecule has 1 heteroatoms. The fourth-order valence-corrected chi connectivity index (χ4v) is 5.05. The Bertz CT molecular complexity index is 887. The summed E-state index contributed by atoms with van der Waals surface area (Å²) in [5, 5.41) is 0. The molecule has 3 aromatic rings. The van der Waals surface area contributed by atoms with E-state index in [1.807, 2.05) is 12.1 Å². The number of aryl methyl sites for hydroxylation is 2. The highest BCUT2D eigenvalue weighted by molar-refractivity contribution is 5.27. The van der Waals surface area contributed by atoms with Crippen molar-refractivity contribution in [1.82, 2.24) is 0 Å². The molecule has 0 aromatic heterocycles. The lowest BCUT2D eigenvalue weighted by Crippen LogP contribution is -2.15. The minimum atomic E-state index is -0.160. The van der Waals surface area contributed by atoms with Gasteiger partial charge in [0.05, 0.1) is 0 Å². The van der Waals surface area contributed by atoms with Crippen LogP contribution in [0, 0.1) is 11.7 Å². The maximum absolute atomic E-state index is 13.0. The predicted molar refractivity (Wildman–Crippen MR) is 124 cm³/mol. The third-order valence-corrected chi connectivity index (χ3v) is 6.97. The number of hydrogen-bond acceptors (Lipinski definition) is 0. The van der Waals surface area contributed by atoms with Gasteiger partial charge >= 0.3 is 0 Å². The van der Waals surface area contributed by atoms with Crippen LogP contribution in [0.4, 0.5) is 4.39 Å². The second-order valence-electron chi connectivity index (χ2n) is 9.13. The second kappa shape index (κ2) is 10.1. The van der Waals surface area contributed by atoms with E-state index < -0.39 is 0 Å². The smallest absolute Gasteiger partial charge is 0.123 e. The molecule has 0 amide bonds. The van der Waals surface area contributed by atoms with Crippen molar-refractivity contribution in [3.05, 3.63) is 107 Å². The van der Waals surface area contributed by atoms with Gasteiger partial charge in [0.25, 0.3) is 0 Å². The van der Waals surface area contributed by atoms with Crippen LogP contribution in [-0.4, -0.2) is 0 Å². The fraction of sp³-hybridized carbons (Fsp3) is 0.379. The summed E-state index contributed by atoms with van der Waals surface area (Å²) in [6.45, 7) is 2.38. The van der Waals surface area contributed by atoms with E-state index in [4.69, 9.17) is 0 Å². The van der Waals surface area contributed by atoms with Crippen molar-refractivity contribution < 1.29 is 4.39 Å². The van der Waals surface area contributed by atoms with Gasteiger partial charge in [-0.15, -0.1) is 0 Å². The summed E-state index contributed by atoms with van der Waals surface area (Å²) >= 11 is 0. The summed E-state index contributed by atoms with van der Waals surface area (Å²) in [6.07, 6.45) is 8.64. The van der Waals surface area contributed by atoms with Gasteiger partial charge in [0.15, 0.2) is 0 Å². The van der Waals surface area contributed by atoms with Crippen molar-refractivity contribution in [3.8, 4) is 0 Å². The quantitative estimate of drug-likeness (QED) is 0.376. The van der Waals surface area contributed by atoms with Gasteiger partial charge < -0.3 is 0 Å². The van der Waals surface area contributed by atoms with Crippen molar-refractivity contribution in [1.29, 1.82) is 0 Å². The average molecular weight is 401 g/mol. The Kier molecular flexibility index (Phi) is 7.00. The van der Waals surface area contributed by atoms with Crippen LogP contribution < -0.4 is 0 Å². The van der Waals surface area contributed by atoms with E-state index in [0.717, 1.165) is 24.7 Å². The zero-order valence-electron chi connectivity index (χ0n) is 18.1. The molecule has 1 fully saturated rings. The maximum atomic E-state index is 13.0. The monoisotopic (exact) mass is 400 g/mol. The van der Waals surface area contributed by atoms with Crippen LogP contribution in [0.3, 0.4) is 0 Å². The van der Waals surface area contributed by atoms with Crippen LogP contribution in [0.15, 0.2) is 78.9 Å². The summed E-state index contributed by atoms with van der Waals surface area (Å²) in [5.41, 5.74) is 5.56. The molecular formula is C29H33F. The summed E-state index contributed by atoms with van der Waals surface area (Å²) in [7, 11) is 0. The van der Waals surface area contributed by atoms with Crippen molar-refractivity contribution in [2.75, 3.05) is 0 Å². The Labute approximate surface area is 181 Å². The Balaban J connectivity index is 1.25. The molecule has 3 aromatic carbocycles. The number of halogens is 1. The lowest BCUT2D eigenvalue weighted by Gasteiger charge is -2.30. The summed E-state index contributed by atoms with van der Waals surface area (Å²) in [5.74, 6) is 2.09. The molecule has 0 bridgehead atoms. The maximum Gasteiger partial charge on any atom is 0.123 e. The molecule has 1 saturated carbocycles. The van der Waals surface area contributed by atoms with Crippen LogP contribution in [0.2, 0.25) is 0 Å². The lowest BCUT2D eigenvalue weighted by molar-refractivity contribution is 0.297. The van der Waals surface area contributed by atoms with E-state index >= 15 is 0 Å². The van der Waals surface area contributed by atoms with E-state index in [1.54, 1.807) is 12.1 Å². The van der Waals surface area contributed by atoms with Gasteiger partial charge in [0.2, 0.25) is 0 Å². The third-order valence-electron chi connectivity index (χ3n) is 6.97. The van der Waals surface area contributed by atoms with Crippen molar-refractivity contribution >= 4 is 0 Å². The van der Waals surface area contributed by atoms with Gasteiger partial charge in [-0.25, -0.2) is 4.39 Å². The molecule has 0 saturated heterocycles. The van der Waals surface area contributed by atoms with Crippen LogP contribution in [0.1, 0.15) is 73.1 Å². The molecule has 0 N–H and O–H groups in total. The topological polar surface area (TPSA) is 0 Å². The van der Waals surface area contributed by atoms with Crippen LogP contribution in [-0.2, 0) is 12.8 Å². The molecule has 30 heavy (non-hydrogen) atoms. The molecule has 0 aliphatic heterocycles. The largest absolute Gasteiger partial charge is 0.207 e. The highest BCUT2D eigenvalue weighted by Gasteiger charge is 2.24. The summed E-state index contributed by atoms with van der Waals surface area (Å²) in [4.78, 5) is 0.